The third-order valence-electron chi connectivity index (χ3n) is 4.25. The van der Waals surface area contributed by atoms with E-state index < -0.39 is 30.4 Å². The summed E-state index contributed by atoms with van der Waals surface area (Å²) in [6.07, 6.45) is 0.128. The van der Waals surface area contributed by atoms with E-state index in [1.165, 1.54) is 33.5 Å². The number of carboxylic acids is 1. The van der Waals surface area contributed by atoms with Crippen molar-refractivity contribution in [3.05, 3.63) is 53.6 Å². The van der Waals surface area contributed by atoms with Crippen LogP contribution >= 0.6 is 0 Å². The number of hydrogen-bond acceptors (Lipinski definition) is 6. The molecule has 0 aromatic heterocycles. The van der Waals surface area contributed by atoms with Crippen molar-refractivity contribution < 1.29 is 33.7 Å². The largest absolute Gasteiger partial charge is 0.493 e. The number of amides is 2. The molecule has 30 heavy (non-hydrogen) atoms. The van der Waals surface area contributed by atoms with Crippen molar-refractivity contribution in [1.29, 1.82) is 0 Å². The van der Waals surface area contributed by atoms with Crippen LogP contribution in [0.1, 0.15) is 15.9 Å². The van der Waals surface area contributed by atoms with E-state index in [1.807, 2.05) is 6.07 Å². The zero-order valence-corrected chi connectivity index (χ0v) is 16.9. The van der Waals surface area contributed by atoms with Crippen LogP contribution in [0.3, 0.4) is 0 Å². The fraction of sp³-hybridized carbons (Fsp3) is 0.286. The average molecular weight is 416 g/mol. The molecule has 2 rings (SSSR count). The second-order valence-electron chi connectivity index (χ2n) is 6.24. The van der Waals surface area contributed by atoms with Crippen LogP contribution in [-0.2, 0) is 16.0 Å². The van der Waals surface area contributed by atoms with Gasteiger partial charge in [0.05, 0.1) is 27.9 Å². The second-order valence-corrected chi connectivity index (χ2v) is 6.24. The number of nitrogens with one attached hydrogen (secondary N) is 2. The molecule has 0 bridgehead atoms. The summed E-state index contributed by atoms with van der Waals surface area (Å²) in [4.78, 5) is 36.1. The van der Waals surface area contributed by atoms with Gasteiger partial charge >= 0.3 is 5.97 Å². The molecule has 9 nitrogen and oxygen atoms in total. The van der Waals surface area contributed by atoms with Crippen molar-refractivity contribution in [2.24, 2.45) is 0 Å². The Balaban J connectivity index is 2.01. The van der Waals surface area contributed by atoms with Gasteiger partial charge in [-0.15, -0.1) is 0 Å². The lowest BCUT2D eigenvalue weighted by atomic mass is 10.1. The Morgan fingerprint density at radius 2 is 1.57 bits per heavy atom. The standard InChI is InChI=1S/C21H24N2O7/c1-28-16-10-14(11-17(29-2)19(16)30-3)20(25)22-12-18(24)23-15(21(26)27)9-13-7-5-4-6-8-13/h4-8,10-11,15H,9,12H2,1-3H3,(H,22,25)(H,23,24)(H,26,27). The van der Waals surface area contributed by atoms with Crippen molar-refractivity contribution >= 4 is 17.8 Å². The molecule has 0 heterocycles. The summed E-state index contributed by atoms with van der Waals surface area (Å²) in [5.74, 6) is -1.43. The first-order valence-corrected chi connectivity index (χ1v) is 9.03. The van der Waals surface area contributed by atoms with Gasteiger partial charge in [0.25, 0.3) is 5.91 Å². The number of aliphatic carboxylic acids is 1. The fourth-order valence-electron chi connectivity index (χ4n) is 2.77. The number of ether oxygens (including phenoxy) is 3. The number of carbonyl (C=O) groups is 3. The number of carbonyl (C=O) groups excluding carboxylic acids is 2. The van der Waals surface area contributed by atoms with Gasteiger partial charge in [-0.25, -0.2) is 4.79 Å². The maximum absolute atomic E-state index is 12.4. The van der Waals surface area contributed by atoms with E-state index in [-0.39, 0.29) is 12.0 Å². The molecular weight excluding hydrogens is 392 g/mol. The molecule has 2 aromatic rings. The first-order chi connectivity index (χ1) is 14.4. The molecule has 2 amide bonds. The summed E-state index contributed by atoms with van der Waals surface area (Å²) in [5, 5.41) is 14.2. The van der Waals surface area contributed by atoms with Crippen LogP contribution in [0.4, 0.5) is 0 Å². The minimum atomic E-state index is -1.16. The average Bonchev–Trinajstić information content (AvgIpc) is 2.76. The molecule has 3 N–H and O–H groups in total. The zero-order chi connectivity index (χ0) is 22.1. The number of methoxy groups -OCH3 is 3. The predicted molar refractivity (Wildman–Crippen MR) is 108 cm³/mol. The van der Waals surface area contributed by atoms with E-state index in [2.05, 4.69) is 10.6 Å². The Kier molecular flexibility index (Phi) is 8.04. The molecule has 0 spiro atoms. The molecule has 1 unspecified atom stereocenters. The summed E-state index contributed by atoms with van der Waals surface area (Å²) >= 11 is 0. The molecule has 0 saturated heterocycles. The molecule has 2 aromatic carbocycles. The minimum Gasteiger partial charge on any atom is -0.493 e. The van der Waals surface area contributed by atoms with Crippen LogP contribution in [0.15, 0.2) is 42.5 Å². The van der Waals surface area contributed by atoms with Gasteiger partial charge in [0.2, 0.25) is 11.7 Å². The SMILES string of the molecule is COc1cc(C(=O)NCC(=O)NC(Cc2ccccc2)C(=O)O)cc(OC)c1OC. The Bertz CT molecular complexity index is 874. The van der Waals surface area contributed by atoms with Crippen LogP contribution in [0.2, 0.25) is 0 Å². The van der Waals surface area contributed by atoms with Crippen molar-refractivity contribution in [3.63, 3.8) is 0 Å². The van der Waals surface area contributed by atoms with E-state index in [1.54, 1.807) is 24.3 Å². The van der Waals surface area contributed by atoms with Gasteiger partial charge in [-0.3, -0.25) is 9.59 Å². The third kappa shape index (κ3) is 5.87. The molecule has 0 aliphatic rings. The zero-order valence-electron chi connectivity index (χ0n) is 16.9. The molecule has 9 heteroatoms. The highest BCUT2D eigenvalue weighted by atomic mass is 16.5. The summed E-state index contributed by atoms with van der Waals surface area (Å²) in [6.45, 7) is -0.395. The number of benzene rings is 2. The molecule has 0 radical (unpaired) electrons. The van der Waals surface area contributed by atoms with Crippen LogP contribution in [0.25, 0.3) is 0 Å². The van der Waals surface area contributed by atoms with Crippen molar-refractivity contribution in [1.82, 2.24) is 10.6 Å². The highest BCUT2D eigenvalue weighted by Crippen LogP contribution is 2.38. The van der Waals surface area contributed by atoms with Crippen LogP contribution in [-0.4, -0.2) is 56.8 Å². The lowest BCUT2D eigenvalue weighted by Crippen LogP contribution is -2.46. The van der Waals surface area contributed by atoms with Crippen LogP contribution < -0.4 is 24.8 Å². The van der Waals surface area contributed by atoms with E-state index in [0.717, 1.165) is 5.56 Å². The van der Waals surface area contributed by atoms with Crippen molar-refractivity contribution in [2.75, 3.05) is 27.9 Å². The van der Waals surface area contributed by atoms with E-state index in [4.69, 9.17) is 14.2 Å². The Morgan fingerprint density at radius 3 is 2.07 bits per heavy atom. The highest BCUT2D eigenvalue weighted by Gasteiger charge is 2.21. The molecule has 160 valence electrons. The topological polar surface area (TPSA) is 123 Å². The summed E-state index contributed by atoms with van der Waals surface area (Å²) in [5.41, 5.74) is 0.961. The summed E-state index contributed by atoms with van der Waals surface area (Å²) in [7, 11) is 4.29. The maximum Gasteiger partial charge on any atom is 0.326 e. The van der Waals surface area contributed by atoms with E-state index in [9.17, 15) is 19.5 Å². The van der Waals surface area contributed by atoms with E-state index in [0.29, 0.717) is 17.2 Å². The quantitative estimate of drug-likeness (QED) is 0.533. The first kappa shape index (κ1) is 22.5. The van der Waals surface area contributed by atoms with Crippen molar-refractivity contribution in [3.8, 4) is 17.2 Å². The summed E-state index contributed by atoms with van der Waals surface area (Å²) in [6, 6.07) is 10.7. The maximum atomic E-state index is 12.4. The Hall–Kier alpha value is -3.75. The number of carboxylic acid groups (broad SMARTS) is 1. The molecular formula is C21H24N2O7. The van der Waals surface area contributed by atoms with Gasteiger partial charge in [0.1, 0.15) is 6.04 Å². The van der Waals surface area contributed by atoms with Crippen molar-refractivity contribution in [2.45, 2.75) is 12.5 Å². The predicted octanol–water partition coefficient (Wildman–Crippen LogP) is 1.25. The minimum absolute atomic E-state index is 0.128. The van der Waals surface area contributed by atoms with Gasteiger partial charge in [-0.05, 0) is 17.7 Å². The number of hydrogen-bond donors (Lipinski definition) is 3. The number of rotatable bonds is 10. The molecule has 0 aliphatic heterocycles. The molecule has 1 atom stereocenters. The monoisotopic (exact) mass is 416 g/mol. The van der Waals surface area contributed by atoms with Gasteiger partial charge in [-0.1, -0.05) is 30.3 Å². The molecule has 0 saturated carbocycles. The normalized spacial score (nSPS) is 11.2. The Morgan fingerprint density at radius 1 is 0.967 bits per heavy atom. The van der Waals surface area contributed by atoms with Gasteiger partial charge in [-0.2, -0.15) is 0 Å². The summed E-state index contributed by atoms with van der Waals surface area (Å²) < 4.78 is 15.6. The van der Waals surface area contributed by atoms with Gasteiger partial charge < -0.3 is 30.0 Å². The lowest BCUT2D eigenvalue weighted by Gasteiger charge is -2.16. The second kappa shape index (κ2) is 10.7. The van der Waals surface area contributed by atoms with Gasteiger partial charge in [0.15, 0.2) is 11.5 Å². The van der Waals surface area contributed by atoms with E-state index >= 15 is 0 Å². The van der Waals surface area contributed by atoms with Crippen LogP contribution in [0, 0.1) is 0 Å². The smallest absolute Gasteiger partial charge is 0.326 e. The fourth-order valence-corrected chi connectivity index (χ4v) is 2.77. The Labute approximate surface area is 173 Å². The molecule has 0 aliphatic carbocycles. The first-order valence-electron chi connectivity index (χ1n) is 9.03. The van der Waals surface area contributed by atoms with Gasteiger partial charge in [0, 0.05) is 12.0 Å². The third-order valence-corrected chi connectivity index (χ3v) is 4.25. The molecule has 0 fully saturated rings. The lowest BCUT2D eigenvalue weighted by molar-refractivity contribution is -0.141. The van der Waals surface area contributed by atoms with Crippen LogP contribution in [0.5, 0.6) is 17.2 Å². The highest BCUT2D eigenvalue weighted by molar-refractivity contribution is 5.98.